The summed E-state index contributed by atoms with van der Waals surface area (Å²) in [5.41, 5.74) is 5.34. The molecule has 306 valence electrons. The predicted molar refractivity (Wildman–Crippen MR) is 212 cm³/mol. The molecule has 0 saturated heterocycles. The van der Waals surface area contributed by atoms with Crippen LogP contribution in [0.3, 0.4) is 0 Å². The number of unbranched alkanes of at least 4 members (excludes halogenated alkanes) is 22. The van der Waals surface area contributed by atoms with E-state index in [2.05, 4.69) is 38.2 Å². The van der Waals surface area contributed by atoms with Gasteiger partial charge in [0.15, 0.2) is 0 Å². The average Bonchev–Trinajstić information content (AvgIpc) is 3.12. The van der Waals surface area contributed by atoms with E-state index in [4.69, 9.17) is 29.4 Å². The molecule has 0 fully saturated rings. The molecule has 0 radical (unpaired) electrons. The summed E-state index contributed by atoms with van der Waals surface area (Å²) < 4.78 is 33.2. The molecule has 0 aliphatic rings. The zero-order valence-corrected chi connectivity index (χ0v) is 34.1. The quantitative estimate of drug-likeness (QED) is 0.0238. The van der Waals surface area contributed by atoms with Crippen molar-refractivity contribution in [2.45, 2.75) is 199 Å². The summed E-state index contributed by atoms with van der Waals surface area (Å²) >= 11 is 0. The highest BCUT2D eigenvalue weighted by molar-refractivity contribution is 7.47. The van der Waals surface area contributed by atoms with Crippen LogP contribution in [-0.4, -0.2) is 60.5 Å². The Kier molecular flexibility index (Phi) is 36.6. The molecule has 3 atom stereocenters. The summed E-state index contributed by atoms with van der Waals surface area (Å²) in [6, 6.07) is -1.47. The van der Waals surface area contributed by atoms with Gasteiger partial charge < -0.3 is 25.2 Å². The lowest BCUT2D eigenvalue weighted by Gasteiger charge is -2.20. The lowest BCUT2D eigenvalue weighted by atomic mass is 10.1. The molecule has 0 aromatic rings. The van der Waals surface area contributed by atoms with E-state index < -0.39 is 45.1 Å². The first kappa shape index (κ1) is 50.5. The van der Waals surface area contributed by atoms with Crippen LogP contribution in [0.2, 0.25) is 0 Å². The van der Waals surface area contributed by atoms with Crippen molar-refractivity contribution < 1.29 is 42.7 Å². The Bertz CT molecular complexity index is 930. The van der Waals surface area contributed by atoms with Gasteiger partial charge in [-0.2, -0.15) is 0 Å². The van der Waals surface area contributed by atoms with Crippen LogP contribution in [0.4, 0.5) is 0 Å². The van der Waals surface area contributed by atoms with Crippen molar-refractivity contribution in [1.29, 1.82) is 0 Å². The number of rotatable bonds is 40. The van der Waals surface area contributed by atoms with Crippen LogP contribution < -0.4 is 5.73 Å². The maximum absolute atomic E-state index is 12.6. The van der Waals surface area contributed by atoms with Gasteiger partial charge in [-0.25, -0.2) is 4.57 Å². The van der Waals surface area contributed by atoms with Gasteiger partial charge in [0.25, 0.3) is 0 Å². The van der Waals surface area contributed by atoms with E-state index in [0.717, 1.165) is 51.4 Å². The third kappa shape index (κ3) is 36.8. The second kappa shape index (κ2) is 37.8. The Hall–Kier alpha value is -1.55. The van der Waals surface area contributed by atoms with Crippen LogP contribution >= 0.6 is 7.82 Å². The number of aliphatic carboxylic acids is 1. The molecule has 4 N–H and O–H groups in total. The standard InChI is InChI=1S/C41H78NO9P/c1-3-5-7-9-11-13-14-15-16-17-18-19-20-21-22-23-24-25-27-29-31-33-40(43)51-38(36-49-52(46,47)50-37-39(42)41(44)45)35-48-34-32-30-28-26-12-10-8-6-4-2/h14-15,17-18,38-39H,3-13,16,19-37,42H2,1-2H3,(H,44,45)(H,46,47)/b15-14-,18-17-. The molecule has 0 bridgehead atoms. The van der Waals surface area contributed by atoms with Crippen molar-refractivity contribution in [1.82, 2.24) is 0 Å². The molecule has 0 aliphatic carbocycles. The van der Waals surface area contributed by atoms with E-state index in [1.807, 2.05) is 0 Å². The van der Waals surface area contributed by atoms with Crippen molar-refractivity contribution in [3.05, 3.63) is 24.3 Å². The number of carbonyl (C=O) groups is 2. The van der Waals surface area contributed by atoms with Gasteiger partial charge in [0.1, 0.15) is 12.1 Å². The minimum absolute atomic E-state index is 0.0182. The zero-order chi connectivity index (χ0) is 38.4. The Morgan fingerprint density at radius 3 is 1.56 bits per heavy atom. The fourth-order valence-corrected chi connectivity index (χ4v) is 6.47. The molecule has 0 aliphatic heterocycles. The van der Waals surface area contributed by atoms with Gasteiger partial charge >= 0.3 is 19.8 Å². The van der Waals surface area contributed by atoms with Crippen molar-refractivity contribution in [3.63, 3.8) is 0 Å². The Balaban J connectivity index is 4.15. The third-order valence-corrected chi connectivity index (χ3v) is 9.93. The van der Waals surface area contributed by atoms with Crippen LogP contribution in [0.25, 0.3) is 0 Å². The number of allylic oxidation sites excluding steroid dienone is 4. The number of carbonyl (C=O) groups excluding carboxylic acids is 1. The van der Waals surface area contributed by atoms with Gasteiger partial charge in [-0.05, 0) is 44.9 Å². The van der Waals surface area contributed by atoms with Gasteiger partial charge in [-0.1, -0.05) is 160 Å². The van der Waals surface area contributed by atoms with E-state index in [1.165, 1.54) is 109 Å². The molecule has 3 unspecified atom stereocenters. The molecule has 11 heteroatoms. The second-order valence-corrected chi connectivity index (χ2v) is 15.6. The zero-order valence-electron chi connectivity index (χ0n) is 33.2. The first-order valence-corrected chi connectivity index (χ1v) is 22.4. The minimum Gasteiger partial charge on any atom is -0.480 e. The van der Waals surface area contributed by atoms with Gasteiger partial charge in [0.05, 0.1) is 19.8 Å². The molecular formula is C41H78NO9P. The molecular weight excluding hydrogens is 681 g/mol. The van der Waals surface area contributed by atoms with Gasteiger partial charge in [0.2, 0.25) is 0 Å². The fraction of sp³-hybridized carbons (Fsp3) is 0.854. The van der Waals surface area contributed by atoms with E-state index in [9.17, 15) is 19.0 Å². The number of esters is 1. The molecule has 0 aromatic heterocycles. The molecule has 10 nitrogen and oxygen atoms in total. The van der Waals surface area contributed by atoms with E-state index in [1.54, 1.807) is 0 Å². The molecule has 0 rings (SSSR count). The Labute approximate surface area is 317 Å². The topological polar surface area (TPSA) is 155 Å². The minimum atomic E-state index is -4.61. The number of ether oxygens (including phenoxy) is 2. The molecule has 0 saturated carbocycles. The van der Waals surface area contributed by atoms with Gasteiger partial charge in [0, 0.05) is 13.0 Å². The summed E-state index contributed by atoms with van der Waals surface area (Å²) in [6.45, 7) is 3.85. The number of nitrogens with two attached hydrogens (primary N) is 1. The number of phosphoric ester groups is 1. The number of hydrogen-bond donors (Lipinski definition) is 3. The number of hydrogen-bond acceptors (Lipinski definition) is 8. The highest BCUT2D eigenvalue weighted by Crippen LogP contribution is 2.43. The SMILES string of the molecule is CCCCCCC/C=C\C/C=C\CCCCCCCCCCCC(=O)OC(COCCCCCCCCCCC)COP(=O)(O)OCC(N)C(=O)O. The van der Waals surface area contributed by atoms with Gasteiger partial charge in [-0.15, -0.1) is 0 Å². The van der Waals surface area contributed by atoms with Gasteiger partial charge in [-0.3, -0.25) is 18.6 Å². The summed E-state index contributed by atoms with van der Waals surface area (Å²) in [7, 11) is -4.61. The fourth-order valence-electron chi connectivity index (χ4n) is 5.69. The highest BCUT2D eigenvalue weighted by atomic mass is 31.2. The van der Waals surface area contributed by atoms with E-state index >= 15 is 0 Å². The summed E-state index contributed by atoms with van der Waals surface area (Å²) in [5.74, 6) is -1.78. The van der Waals surface area contributed by atoms with Crippen molar-refractivity contribution in [2.75, 3.05) is 26.4 Å². The van der Waals surface area contributed by atoms with Crippen molar-refractivity contribution in [2.24, 2.45) is 5.73 Å². The lowest BCUT2D eigenvalue weighted by molar-refractivity contribution is -0.154. The Morgan fingerprint density at radius 1 is 0.615 bits per heavy atom. The first-order valence-electron chi connectivity index (χ1n) is 20.9. The van der Waals surface area contributed by atoms with Crippen LogP contribution in [0.15, 0.2) is 24.3 Å². The van der Waals surface area contributed by atoms with E-state index in [0.29, 0.717) is 13.0 Å². The van der Waals surface area contributed by atoms with E-state index in [-0.39, 0.29) is 13.0 Å². The van der Waals surface area contributed by atoms with Crippen LogP contribution in [0.5, 0.6) is 0 Å². The molecule has 0 aromatic carbocycles. The molecule has 0 spiro atoms. The molecule has 52 heavy (non-hydrogen) atoms. The van der Waals surface area contributed by atoms with Crippen molar-refractivity contribution >= 4 is 19.8 Å². The first-order chi connectivity index (χ1) is 25.2. The highest BCUT2D eigenvalue weighted by Gasteiger charge is 2.27. The number of phosphoric acid groups is 1. The number of carboxylic acid groups (broad SMARTS) is 1. The summed E-state index contributed by atoms with van der Waals surface area (Å²) in [4.78, 5) is 33.4. The molecule has 0 amide bonds. The van der Waals surface area contributed by atoms with Crippen LogP contribution in [0, 0.1) is 0 Å². The normalized spacial score (nSPS) is 14.2. The lowest BCUT2D eigenvalue weighted by Crippen LogP contribution is -2.34. The molecule has 0 heterocycles. The predicted octanol–water partition coefficient (Wildman–Crippen LogP) is 11.1. The van der Waals surface area contributed by atoms with Crippen LogP contribution in [-0.2, 0) is 32.7 Å². The summed E-state index contributed by atoms with van der Waals surface area (Å²) in [5, 5.41) is 8.87. The average molecular weight is 760 g/mol. The Morgan fingerprint density at radius 2 is 1.06 bits per heavy atom. The smallest absolute Gasteiger partial charge is 0.472 e. The van der Waals surface area contributed by atoms with Crippen molar-refractivity contribution in [3.8, 4) is 0 Å². The third-order valence-electron chi connectivity index (χ3n) is 8.98. The monoisotopic (exact) mass is 760 g/mol. The number of carboxylic acids is 1. The maximum Gasteiger partial charge on any atom is 0.472 e. The maximum atomic E-state index is 12.6. The second-order valence-electron chi connectivity index (χ2n) is 14.1. The largest absolute Gasteiger partial charge is 0.480 e. The summed E-state index contributed by atoms with van der Waals surface area (Å²) in [6.07, 6.45) is 39.5. The van der Waals surface area contributed by atoms with Crippen LogP contribution in [0.1, 0.15) is 187 Å².